The number of nitrogens with one attached hydrogen (secondary N) is 2. The third kappa shape index (κ3) is 6.46. The molecule has 1 aliphatic carbocycles. The highest BCUT2D eigenvalue weighted by Gasteiger charge is 2.28. The van der Waals surface area contributed by atoms with E-state index < -0.39 is 0 Å². The highest BCUT2D eigenvalue weighted by Crippen LogP contribution is 2.29. The summed E-state index contributed by atoms with van der Waals surface area (Å²) in [6.45, 7) is 8.84. The van der Waals surface area contributed by atoms with Gasteiger partial charge in [-0.25, -0.2) is 0 Å². The Hall–Kier alpha value is -1.10. The van der Waals surface area contributed by atoms with E-state index in [2.05, 4.69) is 24.5 Å². The van der Waals surface area contributed by atoms with Gasteiger partial charge in [-0.1, -0.05) is 26.7 Å². The Bertz CT molecular complexity index is 357. The SMILES string of the molecule is CC(C)NC(=O)CN(C)CC(=O)N[C@H]1CCC[C@@H](C)[C@H]1C. The molecule has 0 saturated heterocycles. The Morgan fingerprint density at radius 1 is 1.14 bits per heavy atom. The van der Waals surface area contributed by atoms with Crippen LogP contribution in [0.1, 0.15) is 47.0 Å². The van der Waals surface area contributed by atoms with Crippen LogP contribution in [-0.2, 0) is 9.59 Å². The molecule has 5 nitrogen and oxygen atoms in total. The summed E-state index contributed by atoms with van der Waals surface area (Å²) < 4.78 is 0. The highest BCUT2D eigenvalue weighted by atomic mass is 16.2. The zero-order valence-electron chi connectivity index (χ0n) is 14.1. The molecule has 122 valence electrons. The number of nitrogens with zero attached hydrogens (tertiary/aromatic N) is 1. The maximum absolute atomic E-state index is 12.1. The topological polar surface area (TPSA) is 61.4 Å². The zero-order chi connectivity index (χ0) is 16.0. The molecule has 0 radical (unpaired) electrons. The van der Waals surface area contributed by atoms with E-state index in [1.807, 2.05) is 13.8 Å². The molecule has 0 unspecified atom stereocenters. The van der Waals surface area contributed by atoms with Gasteiger partial charge in [0.25, 0.3) is 0 Å². The fourth-order valence-corrected chi connectivity index (χ4v) is 2.95. The molecule has 2 amide bonds. The number of hydrogen-bond acceptors (Lipinski definition) is 3. The van der Waals surface area contributed by atoms with Crippen LogP contribution in [0, 0.1) is 11.8 Å². The third-order valence-electron chi connectivity index (χ3n) is 4.33. The molecule has 0 bridgehead atoms. The lowest BCUT2D eigenvalue weighted by atomic mass is 9.78. The van der Waals surface area contributed by atoms with Gasteiger partial charge < -0.3 is 10.6 Å². The van der Waals surface area contributed by atoms with Gasteiger partial charge in [-0.2, -0.15) is 0 Å². The number of amides is 2. The molecule has 5 heteroatoms. The second-order valence-corrected chi connectivity index (χ2v) is 6.84. The molecule has 3 atom stereocenters. The molecule has 0 aromatic carbocycles. The van der Waals surface area contributed by atoms with Crippen LogP contribution in [0.2, 0.25) is 0 Å². The predicted molar refractivity (Wildman–Crippen MR) is 84.9 cm³/mol. The summed E-state index contributed by atoms with van der Waals surface area (Å²) in [5.74, 6) is 1.16. The summed E-state index contributed by atoms with van der Waals surface area (Å²) in [7, 11) is 1.80. The second-order valence-electron chi connectivity index (χ2n) is 6.84. The van der Waals surface area contributed by atoms with E-state index in [1.54, 1.807) is 11.9 Å². The van der Waals surface area contributed by atoms with Crippen LogP contribution < -0.4 is 10.6 Å². The first-order valence-electron chi connectivity index (χ1n) is 8.06. The maximum Gasteiger partial charge on any atom is 0.234 e. The Kier molecular flexibility index (Phi) is 7.15. The molecule has 0 aliphatic heterocycles. The molecule has 1 saturated carbocycles. The first-order valence-corrected chi connectivity index (χ1v) is 8.06. The Morgan fingerprint density at radius 2 is 1.76 bits per heavy atom. The molecule has 1 rings (SSSR count). The van der Waals surface area contributed by atoms with Gasteiger partial charge in [0.15, 0.2) is 0 Å². The maximum atomic E-state index is 12.1. The fraction of sp³-hybridized carbons (Fsp3) is 0.875. The minimum atomic E-state index is -0.0417. The Morgan fingerprint density at radius 3 is 2.38 bits per heavy atom. The number of carbonyl (C=O) groups excluding carboxylic acids is 2. The van der Waals surface area contributed by atoms with E-state index in [9.17, 15) is 9.59 Å². The van der Waals surface area contributed by atoms with Gasteiger partial charge in [-0.05, 0) is 39.2 Å². The molecule has 21 heavy (non-hydrogen) atoms. The summed E-state index contributed by atoms with van der Waals surface area (Å²) in [5, 5.41) is 5.96. The molecule has 0 spiro atoms. The van der Waals surface area contributed by atoms with Crippen LogP contribution in [0.4, 0.5) is 0 Å². The number of carbonyl (C=O) groups is 2. The van der Waals surface area contributed by atoms with Crippen LogP contribution >= 0.6 is 0 Å². The number of rotatable bonds is 6. The van der Waals surface area contributed by atoms with E-state index in [1.165, 1.54) is 12.8 Å². The largest absolute Gasteiger partial charge is 0.353 e. The van der Waals surface area contributed by atoms with Gasteiger partial charge in [-0.15, -0.1) is 0 Å². The zero-order valence-corrected chi connectivity index (χ0v) is 14.1. The molecule has 2 N–H and O–H groups in total. The third-order valence-corrected chi connectivity index (χ3v) is 4.33. The Balaban J connectivity index is 2.34. The van der Waals surface area contributed by atoms with Crippen LogP contribution in [0.5, 0.6) is 0 Å². The molecule has 0 heterocycles. The van der Waals surface area contributed by atoms with Crippen molar-refractivity contribution >= 4 is 11.8 Å². The molecule has 0 aromatic rings. The highest BCUT2D eigenvalue weighted by molar-refractivity contribution is 5.81. The quantitative estimate of drug-likeness (QED) is 0.779. The van der Waals surface area contributed by atoms with Crippen molar-refractivity contribution in [3.05, 3.63) is 0 Å². The van der Waals surface area contributed by atoms with E-state index in [4.69, 9.17) is 0 Å². The smallest absolute Gasteiger partial charge is 0.234 e. The second kappa shape index (κ2) is 8.37. The van der Waals surface area contributed by atoms with Crippen molar-refractivity contribution in [3.63, 3.8) is 0 Å². The van der Waals surface area contributed by atoms with Crippen molar-refractivity contribution in [2.24, 2.45) is 11.8 Å². The monoisotopic (exact) mass is 297 g/mol. The van der Waals surface area contributed by atoms with Crippen molar-refractivity contribution in [2.45, 2.75) is 59.0 Å². The number of hydrogen-bond donors (Lipinski definition) is 2. The fourth-order valence-electron chi connectivity index (χ4n) is 2.95. The van der Waals surface area contributed by atoms with E-state index in [0.717, 1.165) is 6.42 Å². The average molecular weight is 297 g/mol. The van der Waals surface area contributed by atoms with Crippen molar-refractivity contribution in [2.75, 3.05) is 20.1 Å². The standard InChI is InChI=1S/C16H31N3O2/c1-11(2)17-15(20)9-19(5)10-16(21)18-14-8-6-7-12(3)13(14)4/h11-14H,6-10H2,1-5H3,(H,17,20)(H,18,21)/t12-,13-,14+/m1/s1. The van der Waals surface area contributed by atoms with Crippen molar-refractivity contribution in [3.8, 4) is 0 Å². The van der Waals surface area contributed by atoms with E-state index in [-0.39, 0.29) is 37.0 Å². The molecule has 1 fully saturated rings. The summed E-state index contributed by atoms with van der Waals surface area (Å²) in [6, 6.07) is 0.406. The van der Waals surface area contributed by atoms with Crippen LogP contribution in [-0.4, -0.2) is 48.9 Å². The average Bonchev–Trinajstić information content (AvgIpc) is 2.33. The van der Waals surface area contributed by atoms with Gasteiger partial charge in [-0.3, -0.25) is 14.5 Å². The summed E-state index contributed by atoms with van der Waals surface area (Å²) >= 11 is 0. The summed E-state index contributed by atoms with van der Waals surface area (Å²) in [6.07, 6.45) is 3.50. The lowest BCUT2D eigenvalue weighted by Gasteiger charge is -2.34. The predicted octanol–water partition coefficient (Wildman–Crippen LogP) is 1.38. The first-order chi connectivity index (χ1) is 9.79. The van der Waals surface area contributed by atoms with Gasteiger partial charge >= 0.3 is 0 Å². The molecular formula is C16H31N3O2. The first kappa shape index (κ1) is 18.0. The lowest BCUT2D eigenvalue weighted by molar-refractivity contribution is -0.125. The van der Waals surface area contributed by atoms with Gasteiger partial charge in [0.2, 0.25) is 11.8 Å². The van der Waals surface area contributed by atoms with Gasteiger partial charge in [0, 0.05) is 12.1 Å². The van der Waals surface area contributed by atoms with Crippen molar-refractivity contribution in [1.29, 1.82) is 0 Å². The van der Waals surface area contributed by atoms with E-state index >= 15 is 0 Å². The van der Waals surface area contributed by atoms with Crippen molar-refractivity contribution in [1.82, 2.24) is 15.5 Å². The van der Waals surface area contributed by atoms with E-state index in [0.29, 0.717) is 11.8 Å². The number of likely N-dealkylation sites (N-methyl/N-ethyl adjacent to an activating group) is 1. The minimum absolute atomic E-state index is 0.0146. The summed E-state index contributed by atoms with van der Waals surface area (Å²) in [4.78, 5) is 25.5. The molecule has 1 aliphatic rings. The molecule has 0 aromatic heterocycles. The van der Waals surface area contributed by atoms with Crippen molar-refractivity contribution < 1.29 is 9.59 Å². The van der Waals surface area contributed by atoms with Crippen LogP contribution in [0.15, 0.2) is 0 Å². The normalized spacial score (nSPS) is 26.0. The van der Waals surface area contributed by atoms with Gasteiger partial charge in [0.1, 0.15) is 0 Å². The molecular weight excluding hydrogens is 266 g/mol. The van der Waals surface area contributed by atoms with Crippen LogP contribution in [0.3, 0.4) is 0 Å². The summed E-state index contributed by atoms with van der Waals surface area (Å²) in [5.41, 5.74) is 0. The Labute approximate surface area is 128 Å². The van der Waals surface area contributed by atoms with Gasteiger partial charge in [0.05, 0.1) is 13.1 Å². The minimum Gasteiger partial charge on any atom is -0.353 e. The van der Waals surface area contributed by atoms with Crippen LogP contribution in [0.25, 0.3) is 0 Å². The lowest BCUT2D eigenvalue weighted by Crippen LogP contribution is -2.48.